The van der Waals surface area contributed by atoms with Gasteiger partial charge in [0.25, 0.3) is 0 Å². The van der Waals surface area contributed by atoms with Gasteiger partial charge in [-0.2, -0.15) is 0 Å². The second-order valence-electron chi connectivity index (χ2n) is 6.31. The van der Waals surface area contributed by atoms with Crippen LogP contribution < -0.4 is 5.32 Å². The molecular weight excluding hydrogens is 244 g/mol. The molecule has 2 rings (SSSR count). The molecule has 0 aliphatic carbocycles. The Morgan fingerprint density at radius 1 is 1.30 bits per heavy atom. The molecule has 0 bridgehead atoms. The summed E-state index contributed by atoms with van der Waals surface area (Å²) < 4.78 is 0. The normalized spacial score (nSPS) is 26.1. The van der Waals surface area contributed by atoms with Crippen LogP contribution in [-0.4, -0.2) is 36.1 Å². The highest BCUT2D eigenvalue weighted by atomic mass is 15.2. The first kappa shape index (κ1) is 15.5. The summed E-state index contributed by atoms with van der Waals surface area (Å²) in [6.45, 7) is 9.40. The molecule has 1 aliphatic heterocycles. The fourth-order valence-corrected chi connectivity index (χ4v) is 3.39. The Labute approximate surface area is 124 Å². The van der Waals surface area contributed by atoms with E-state index in [2.05, 4.69) is 61.3 Å². The summed E-state index contributed by atoms with van der Waals surface area (Å²) in [5.41, 5.74) is 1.45. The maximum Gasteiger partial charge on any atom is 0.0235 e. The number of hydrogen-bond acceptors (Lipinski definition) is 2. The molecule has 112 valence electrons. The van der Waals surface area contributed by atoms with Crippen LogP contribution in [-0.2, 0) is 6.42 Å². The molecular formula is C18H30N2. The first-order valence-corrected chi connectivity index (χ1v) is 8.23. The highest BCUT2D eigenvalue weighted by Crippen LogP contribution is 2.17. The third kappa shape index (κ3) is 4.32. The van der Waals surface area contributed by atoms with Crippen LogP contribution in [0.15, 0.2) is 30.3 Å². The van der Waals surface area contributed by atoms with Gasteiger partial charge in [-0.1, -0.05) is 43.7 Å². The third-order valence-corrected chi connectivity index (χ3v) is 4.59. The maximum atomic E-state index is 3.75. The van der Waals surface area contributed by atoms with Gasteiger partial charge in [0.1, 0.15) is 0 Å². The van der Waals surface area contributed by atoms with Gasteiger partial charge < -0.3 is 5.32 Å². The topological polar surface area (TPSA) is 15.3 Å². The summed E-state index contributed by atoms with van der Waals surface area (Å²) in [6.07, 6.45) is 4.99. The first-order chi connectivity index (χ1) is 9.70. The molecule has 3 atom stereocenters. The van der Waals surface area contributed by atoms with E-state index in [0.717, 1.165) is 13.0 Å². The lowest BCUT2D eigenvalue weighted by molar-refractivity contribution is 0.142. The van der Waals surface area contributed by atoms with Crippen molar-refractivity contribution in [3.63, 3.8) is 0 Å². The summed E-state index contributed by atoms with van der Waals surface area (Å²) in [5.74, 6) is 0. The lowest BCUT2D eigenvalue weighted by Crippen LogP contribution is -2.45. The number of hydrogen-bond donors (Lipinski definition) is 1. The van der Waals surface area contributed by atoms with Crippen molar-refractivity contribution < 1.29 is 0 Å². The van der Waals surface area contributed by atoms with Crippen molar-refractivity contribution in [2.45, 2.75) is 64.6 Å². The van der Waals surface area contributed by atoms with Crippen molar-refractivity contribution in [1.29, 1.82) is 0 Å². The van der Waals surface area contributed by atoms with E-state index in [0.29, 0.717) is 18.1 Å². The molecule has 1 aromatic rings. The molecule has 1 fully saturated rings. The van der Waals surface area contributed by atoms with Gasteiger partial charge in [-0.3, -0.25) is 4.90 Å². The van der Waals surface area contributed by atoms with E-state index in [-0.39, 0.29) is 0 Å². The Balaban J connectivity index is 1.99. The predicted octanol–water partition coefficient (Wildman–Crippen LogP) is 3.47. The van der Waals surface area contributed by atoms with Crippen molar-refractivity contribution in [2.75, 3.05) is 13.1 Å². The van der Waals surface area contributed by atoms with E-state index >= 15 is 0 Å². The third-order valence-electron chi connectivity index (χ3n) is 4.59. The molecule has 2 nitrogen and oxygen atoms in total. The van der Waals surface area contributed by atoms with Gasteiger partial charge >= 0.3 is 0 Å². The summed E-state index contributed by atoms with van der Waals surface area (Å²) in [6, 6.07) is 12.9. The lowest BCUT2D eigenvalue weighted by Gasteiger charge is -2.34. The van der Waals surface area contributed by atoms with Crippen LogP contribution in [0.1, 0.15) is 45.6 Å². The molecule has 1 aliphatic rings. The van der Waals surface area contributed by atoms with E-state index in [4.69, 9.17) is 0 Å². The Morgan fingerprint density at radius 3 is 2.75 bits per heavy atom. The standard InChI is InChI=1S/C18H30N2/c1-4-8-15(2)20-14-18(19-12-11-16(20)3)13-17-9-6-5-7-10-17/h5-7,9-10,15-16,18-19H,4,8,11-14H2,1-3H3. The molecule has 2 heteroatoms. The van der Waals surface area contributed by atoms with E-state index < -0.39 is 0 Å². The molecule has 3 unspecified atom stereocenters. The van der Waals surface area contributed by atoms with E-state index in [1.807, 2.05) is 0 Å². The van der Waals surface area contributed by atoms with Crippen LogP contribution in [0.3, 0.4) is 0 Å². The molecule has 1 heterocycles. The molecule has 0 aromatic heterocycles. The molecule has 0 spiro atoms. The molecule has 20 heavy (non-hydrogen) atoms. The monoisotopic (exact) mass is 274 g/mol. The second kappa shape index (κ2) is 7.80. The van der Waals surface area contributed by atoms with Crippen LogP contribution in [0.5, 0.6) is 0 Å². The zero-order chi connectivity index (χ0) is 14.4. The minimum absolute atomic E-state index is 0.585. The fourth-order valence-electron chi connectivity index (χ4n) is 3.39. The van der Waals surface area contributed by atoms with Gasteiger partial charge in [0.05, 0.1) is 0 Å². The largest absolute Gasteiger partial charge is 0.312 e. The zero-order valence-corrected chi connectivity index (χ0v) is 13.3. The highest BCUT2D eigenvalue weighted by molar-refractivity contribution is 5.16. The van der Waals surface area contributed by atoms with Crippen molar-refractivity contribution in [1.82, 2.24) is 10.2 Å². The molecule has 1 N–H and O–H groups in total. The SMILES string of the molecule is CCCC(C)N1CC(Cc2ccccc2)NCCC1C. The summed E-state index contributed by atoms with van der Waals surface area (Å²) in [7, 11) is 0. The van der Waals surface area contributed by atoms with Crippen LogP contribution in [0.2, 0.25) is 0 Å². The quantitative estimate of drug-likeness (QED) is 0.884. The van der Waals surface area contributed by atoms with Gasteiger partial charge in [-0.05, 0) is 45.2 Å². The van der Waals surface area contributed by atoms with Crippen LogP contribution in [0.25, 0.3) is 0 Å². The summed E-state index contributed by atoms with van der Waals surface area (Å²) in [4.78, 5) is 2.72. The minimum atomic E-state index is 0.585. The minimum Gasteiger partial charge on any atom is -0.312 e. The lowest BCUT2D eigenvalue weighted by atomic mass is 10.0. The van der Waals surface area contributed by atoms with Crippen molar-refractivity contribution in [3.8, 4) is 0 Å². The van der Waals surface area contributed by atoms with Gasteiger partial charge in [-0.15, -0.1) is 0 Å². The van der Waals surface area contributed by atoms with Gasteiger partial charge in [0, 0.05) is 24.7 Å². The van der Waals surface area contributed by atoms with Crippen molar-refractivity contribution >= 4 is 0 Å². The second-order valence-corrected chi connectivity index (χ2v) is 6.31. The zero-order valence-electron chi connectivity index (χ0n) is 13.3. The Kier molecular flexibility index (Phi) is 6.06. The first-order valence-electron chi connectivity index (χ1n) is 8.23. The fraction of sp³-hybridized carbons (Fsp3) is 0.667. The predicted molar refractivity (Wildman–Crippen MR) is 87.1 cm³/mol. The smallest absolute Gasteiger partial charge is 0.0235 e. The number of benzene rings is 1. The number of nitrogens with one attached hydrogen (secondary N) is 1. The highest BCUT2D eigenvalue weighted by Gasteiger charge is 2.26. The maximum absolute atomic E-state index is 3.75. The average Bonchev–Trinajstić information content (AvgIpc) is 2.62. The van der Waals surface area contributed by atoms with Gasteiger partial charge in [0.2, 0.25) is 0 Å². The van der Waals surface area contributed by atoms with Crippen molar-refractivity contribution in [3.05, 3.63) is 35.9 Å². The summed E-state index contributed by atoms with van der Waals surface area (Å²) >= 11 is 0. The van der Waals surface area contributed by atoms with Crippen molar-refractivity contribution in [2.24, 2.45) is 0 Å². The molecule has 1 aromatic carbocycles. The number of rotatable bonds is 5. The molecule has 0 saturated carbocycles. The summed E-state index contributed by atoms with van der Waals surface area (Å²) in [5, 5.41) is 3.75. The van der Waals surface area contributed by atoms with E-state index in [1.165, 1.54) is 31.4 Å². The van der Waals surface area contributed by atoms with Crippen LogP contribution in [0, 0.1) is 0 Å². The van der Waals surface area contributed by atoms with E-state index in [9.17, 15) is 0 Å². The number of nitrogens with zero attached hydrogens (tertiary/aromatic N) is 1. The average molecular weight is 274 g/mol. The van der Waals surface area contributed by atoms with Gasteiger partial charge in [0.15, 0.2) is 0 Å². The van der Waals surface area contributed by atoms with Crippen LogP contribution >= 0.6 is 0 Å². The molecule has 0 amide bonds. The molecule has 0 radical (unpaired) electrons. The Hall–Kier alpha value is -0.860. The van der Waals surface area contributed by atoms with E-state index in [1.54, 1.807) is 0 Å². The Bertz CT molecular complexity index is 376. The van der Waals surface area contributed by atoms with Gasteiger partial charge in [-0.25, -0.2) is 0 Å². The Morgan fingerprint density at radius 2 is 2.05 bits per heavy atom. The molecule has 1 saturated heterocycles. The van der Waals surface area contributed by atoms with Crippen LogP contribution in [0.4, 0.5) is 0 Å².